The first-order valence-corrected chi connectivity index (χ1v) is 7.45. The number of carbonyl (C=O) groups is 3. The van der Waals surface area contributed by atoms with Gasteiger partial charge in [0.25, 0.3) is 5.91 Å². The summed E-state index contributed by atoms with van der Waals surface area (Å²) in [7, 11) is 0. The Morgan fingerprint density at radius 3 is 2.91 bits per heavy atom. The van der Waals surface area contributed by atoms with Crippen molar-refractivity contribution in [1.82, 2.24) is 10.2 Å². The second-order valence-corrected chi connectivity index (χ2v) is 5.63. The van der Waals surface area contributed by atoms with E-state index in [2.05, 4.69) is 5.32 Å². The molecule has 1 atom stereocenters. The SMILES string of the molecule is O=C(CN1Cc2ccccc2C1=O)OCC1CCCNC1=O. The lowest BCUT2D eigenvalue weighted by Crippen LogP contribution is -2.39. The summed E-state index contributed by atoms with van der Waals surface area (Å²) >= 11 is 0. The number of ether oxygens (including phenoxy) is 1. The van der Waals surface area contributed by atoms with Crippen molar-refractivity contribution in [2.45, 2.75) is 19.4 Å². The van der Waals surface area contributed by atoms with Crippen molar-refractivity contribution < 1.29 is 19.1 Å². The van der Waals surface area contributed by atoms with Crippen LogP contribution >= 0.6 is 0 Å². The molecule has 0 saturated carbocycles. The molecule has 0 aromatic heterocycles. The van der Waals surface area contributed by atoms with Crippen molar-refractivity contribution in [1.29, 1.82) is 0 Å². The van der Waals surface area contributed by atoms with Gasteiger partial charge in [-0.15, -0.1) is 0 Å². The lowest BCUT2D eigenvalue weighted by molar-refractivity contribution is -0.147. The smallest absolute Gasteiger partial charge is 0.325 e. The fraction of sp³-hybridized carbons (Fsp3) is 0.438. The van der Waals surface area contributed by atoms with Crippen molar-refractivity contribution in [2.24, 2.45) is 5.92 Å². The molecule has 116 valence electrons. The Kier molecular flexibility index (Phi) is 4.09. The zero-order valence-corrected chi connectivity index (χ0v) is 12.2. The van der Waals surface area contributed by atoms with Gasteiger partial charge in [-0.1, -0.05) is 18.2 Å². The molecular weight excluding hydrogens is 284 g/mol. The molecule has 1 N–H and O–H groups in total. The zero-order valence-electron chi connectivity index (χ0n) is 12.2. The summed E-state index contributed by atoms with van der Waals surface area (Å²) in [5.41, 5.74) is 1.56. The van der Waals surface area contributed by atoms with Crippen LogP contribution in [0.1, 0.15) is 28.8 Å². The Balaban J connectivity index is 1.51. The van der Waals surface area contributed by atoms with Gasteiger partial charge in [0.15, 0.2) is 0 Å². The van der Waals surface area contributed by atoms with Gasteiger partial charge in [-0.05, 0) is 24.5 Å². The third kappa shape index (κ3) is 2.95. The minimum absolute atomic E-state index is 0.0660. The van der Waals surface area contributed by atoms with E-state index in [0.29, 0.717) is 18.7 Å². The highest BCUT2D eigenvalue weighted by Crippen LogP contribution is 2.22. The fourth-order valence-corrected chi connectivity index (χ4v) is 2.83. The lowest BCUT2D eigenvalue weighted by Gasteiger charge is -2.22. The number of nitrogens with zero attached hydrogens (tertiary/aromatic N) is 1. The number of hydrogen-bond donors (Lipinski definition) is 1. The highest BCUT2D eigenvalue weighted by molar-refractivity contribution is 5.99. The average Bonchev–Trinajstić information content (AvgIpc) is 2.83. The van der Waals surface area contributed by atoms with Gasteiger partial charge in [-0.25, -0.2) is 0 Å². The van der Waals surface area contributed by atoms with Crippen LogP contribution in [0.15, 0.2) is 24.3 Å². The van der Waals surface area contributed by atoms with Crippen LogP contribution in [0, 0.1) is 5.92 Å². The Morgan fingerprint density at radius 2 is 2.14 bits per heavy atom. The van der Waals surface area contributed by atoms with Crippen molar-refractivity contribution in [3.8, 4) is 0 Å². The van der Waals surface area contributed by atoms with Crippen LogP contribution in [0.5, 0.6) is 0 Å². The highest BCUT2D eigenvalue weighted by atomic mass is 16.5. The summed E-state index contributed by atoms with van der Waals surface area (Å²) in [5.74, 6) is -0.963. The number of benzene rings is 1. The average molecular weight is 302 g/mol. The Morgan fingerprint density at radius 1 is 1.32 bits per heavy atom. The maximum Gasteiger partial charge on any atom is 0.325 e. The molecule has 1 saturated heterocycles. The maximum atomic E-state index is 12.1. The molecule has 3 rings (SSSR count). The van der Waals surface area contributed by atoms with Crippen LogP contribution in [-0.2, 0) is 20.9 Å². The fourth-order valence-electron chi connectivity index (χ4n) is 2.83. The van der Waals surface area contributed by atoms with Crippen molar-refractivity contribution in [2.75, 3.05) is 19.7 Å². The van der Waals surface area contributed by atoms with E-state index in [9.17, 15) is 14.4 Å². The number of fused-ring (bicyclic) bond motifs is 1. The normalized spacial score (nSPS) is 20.5. The molecule has 1 aromatic rings. The van der Waals surface area contributed by atoms with Gasteiger partial charge in [0.1, 0.15) is 13.2 Å². The van der Waals surface area contributed by atoms with Crippen LogP contribution in [-0.4, -0.2) is 42.4 Å². The van der Waals surface area contributed by atoms with Crippen LogP contribution in [0.2, 0.25) is 0 Å². The molecule has 22 heavy (non-hydrogen) atoms. The number of nitrogens with one attached hydrogen (secondary N) is 1. The third-order valence-corrected chi connectivity index (χ3v) is 4.06. The van der Waals surface area contributed by atoms with Gasteiger partial charge in [0.05, 0.1) is 5.92 Å². The monoisotopic (exact) mass is 302 g/mol. The Labute approximate surface area is 128 Å². The van der Waals surface area contributed by atoms with Gasteiger partial charge >= 0.3 is 5.97 Å². The highest BCUT2D eigenvalue weighted by Gasteiger charge is 2.29. The summed E-state index contributed by atoms with van der Waals surface area (Å²) in [6.07, 6.45) is 1.63. The first kappa shape index (κ1) is 14.6. The summed E-state index contributed by atoms with van der Waals surface area (Å²) in [4.78, 5) is 37.1. The molecule has 0 radical (unpaired) electrons. The molecule has 0 aliphatic carbocycles. The molecule has 6 heteroatoms. The maximum absolute atomic E-state index is 12.1. The number of hydrogen-bond acceptors (Lipinski definition) is 4. The quantitative estimate of drug-likeness (QED) is 0.831. The number of rotatable bonds is 4. The predicted octanol–water partition coefficient (Wildman–Crippen LogP) is 0.712. The van der Waals surface area contributed by atoms with Crippen LogP contribution in [0.3, 0.4) is 0 Å². The van der Waals surface area contributed by atoms with E-state index in [-0.39, 0.29) is 30.9 Å². The number of carbonyl (C=O) groups excluding carboxylic acids is 3. The summed E-state index contributed by atoms with van der Waals surface area (Å²) in [6, 6.07) is 7.32. The molecular formula is C16H18N2O4. The van der Waals surface area contributed by atoms with Gasteiger partial charge in [-0.3, -0.25) is 14.4 Å². The van der Waals surface area contributed by atoms with Crippen LogP contribution in [0.4, 0.5) is 0 Å². The van der Waals surface area contributed by atoms with Gasteiger partial charge < -0.3 is 15.0 Å². The molecule has 2 aliphatic rings. The molecule has 1 unspecified atom stereocenters. The van der Waals surface area contributed by atoms with E-state index in [1.54, 1.807) is 12.1 Å². The molecule has 1 fully saturated rings. The third-order valence-electron chi connectivity index (χ3n) is 4.06. The minimum atomic E-state index is -0.473. The predicted molar refractivity (Wildman–Crippen MR) is 77.9 cm³/mol. The molecule has 2 heterocycles. The minimum Gasteiger partial charge on any atom is -0.464 e. The Hall–Kier alpha value is -2.37. The standard InChI is InChI=1S/C16H18N2O4/c19-14(22-10-12-5-3-7-17-15(12)20)9-18-8-11-4-1-2-6-13(11)16(18)21/h1-2,4,6,12H,3,5,7-10H2,(H,17,20). The second kappa shape index (κ2) is 6.17. The summed E-state index contributed by atoms with van der Waals surface area (Å²) in [5, 5.41) is 2.75. The van der Waals surface area contributed by atoms with E-state index >= 15 is 0 Å². The van der Waals surface area contributed by atoms with E-state index in [0.717, 1.165) is 18.4 Å². The molecule has 1 aromatic carbocycles. The van der Waals surface area contributed by atoms with E-state index in [4.69, 9.17) is 4.74 Å². The largest absolute Gasteiger partial charge is 0.464 e. The zero-order chi connectivity index (χ0) is 15.5. The number of esters is 1. The van der Waals surface area contributed by atoms with E-state index in [1.807, 2.05) is 12.1 Å². The summed E-state index contributed by atoms with van der Waals surface area (Å²) < 4.78 is 5.17. The number of piperidine rings is 1. The van der Waals surface area contributed by atoms with Crippen molar-refractivity contribution in [3.63, 3.8) is 0 Å². The molecule has 0 bridgehead atoms. The lowest BCUT2D eigenvalue weighted by atomic mass is 10.00. The second-order valence-electron chi connectivity index (χ2n) is 5.63. The van der Waals surface area contributed by atoms with Crippen LogP contribution in [0.25, 0.3) is 0 Å². The van der Waals surface area contributed by atoms with E-state index in [1.165, 1.54) is 4.90 Å². The molecule has 2 amide bonds. The van der Waals surface area contributed by atoms with Crippen molar-refractivity contribution >= 4 is 17.8 Å². The van der Waals surface area contributed by atoms with Gasteiger partial charge in [-0.2, -0.15) is 0 Å². The molecule has 0 spiro atoms. The molecule has 2 aliphatic heterocycles. The first-order valence-electron chi connectivity index (χ1n) is 7.45. The Bertz CT molecular complexity index is 614. The number of amides is 2. The van der Waals surface area contributed by atoms with Crippen molar-refractivity contribution in [3.05, 3.63) is 35.4 Å². The molecule has 6 nitrogen and oxygen atoms in total. The summed E-state index contributed by atoms with van der Waals surface area (Å²) in [6.45, 7) is 1.11. The van der Waals surface area contributed by atoms with Gasteiger partial charge in [0, 0.05) is 18.7 Å². The van der Waals surface area contributed by atoms with E-state index < -0.39 is 5.97 Å². The van der Waals surface area contributed by atoms with Gasteiger partial charge in [0.2, 0.25) is 5.91 Å². The first-order chi connectivity index (χ1) is 10.6. The van der Waals surface area contributed by atoms with Crippen LogP contribution < -0.4 is 5.32 Å². The topological polar surface area (TPSA) is 75.7 Å².